The van der Waals surface area contributed by atoms with Gasteiger partial charge in [-0.1, -0.05) is 23.3 Å². The Hall–Kier alpha value is -1.31. The molecule has 1 N–H and O–H groups in total. The molecule has 0 atom stereocenters. The summed E-state index contributed by atoms with van der Waals surface area (Å²) in [5.41, 5.74) is 3.88. The zero-order valence-corrected chi connectivity index (χ0v) is 12.3. The van der Waals surface area contributed by atoms with Gasteiger partial charge in [0.05, 0.1) is 0 Å². The highest BCUT2D eigenvalue weighted by Gasteiger charge is 1.88. The second-order valence-electron chi connectivity index (χ2n) is 4.20. The van der Waals surface area contributed by atoms with Gasteiger partial charge in [0.1, 0.15) is 5.78 Å². The second kappa shape index (κ2) is 11.2. The SMILES string of the molecule is C/C=C(\C=C/C(C)=C(C)C)NCC.CC(C)=O. The molecule has 0 aliphatic heterocycles. The molecule has 0 saturated carbocycles. The molecule has 98 valence electrons. The Labute approximate surface area is 106 Å². The van der Waals surface area contributed by atoms with Crippen LogP contribution < -0.4 is 5.32 Å². The van der Waals surface area contributed by atoms with Gasteiger partial charge in [-0.25, -0.2) is 0 Å². The van der Waals surface area contributed by atoms with Crippen molar-refractivity contribution in [3.63, 3.8) is 0 Å². The third-order valence-corrected chi connectivity index (χ3v) is 1.99. The van der Waals surface area contributed by atoms with E-state index in [9.17, 15) is 4.79 Å². The van der Waals surface area contributed by atoms with Gasteiger partial charge in [0.2, 0.25) is 0 Å². The average molecular weight is 237 g/mol. The highest BCUT2D eigenvalue weighted by Crippen LogP contribution is 2.04. The topological polar surface area (TPSA) is 29.1 Å². The minimum Gasteiger partial charge on any atom is -0.386 e. The molecule has 0 aliphatic carbocycles. The summed E-state index contributed by atoms with van der Waals surface area (Å²) in [6.07, 6.45) is 6.34. The maximum absolute atomic E-state index is 9.44. The molecule has 0 aromatic heterocycles. The number of hydrogen-bond acceptors (Lipinski definition) is 2. The monoisotopic (exact) mass is 237 g/mol. The van der Waals surface area contributed by atoms with Gasteiger partial charge in [-0.3, -0.25) is 0 Å². The van der Waals surface area contributed by atoms with Gasteiger partial charge in [0, 0.05) is 12.2 Å². The van der Waals surface area contributed by atoms with Crippen LogP contribution in [0.4, 0.5) is 0 Å². The number of hydrogen-bond donors (Lipinski definition) is 1. The molecule has 0 amide bonds. The number of carbonyl (C=O) groups is 1. The highest BCUT2D eigenvalue weighted by molar-refractivity contribution is 5.72. The molecule has 0 radical (unpaired) electrons. The van der Waals surface area contributed by atoms with E-state index in [-0.39, 0.29) is 5.78 Å². The van der Waals surface area contributed by atoms with Crippen molar-refractivity contribution in [3.8, 4) is 0 Å². The summed E-state index contributed by atoms with van der Waals surface area (Å²) < 4.78 is 0. The zero-order valence-electron chi connectivity index (χ0n) is 12.3. The van der Waals surface area contributed by atoms with E-state index in [1.807, 2.05) is 6.92 Å². The Morgan fingerprint density at radius 2 is 1.53 bits per heavy atom. The van der Waals surface area contributed by atoms with Crippen LogP contribution >= 0.6 is 0 Å². The molecule has 17 heavy (non-hydrogen) atoms. The molecule has 0 spiro atoms. The standard InChI is InChI=1S/C12H21N.C3H6O/c1-6-12(13-7-2)9-8-11(5)10(3)4;1-3(2)4/h6,8-9,13H,7H2,1-5H3;1-2H3/b9-8-,12-6+;. The lowest BCUT2D eigenvalue weighted by molar-refractivity contribution is -0.114. The number of nitrogens with one attached hydrogen (secondary N) is 1. The van der Waals surface area contributed by atoms with E-state index in [2.05, 4.69) is 51.2 Å². The van der Waals surface area contributed by atoms with Crippen molar-refractivity contribution in [2.45, 2.75) is 48.5 Å². The molecule has 0 unspecified atom stereocenters. The molecule has 0 aromatic rings. The number of Topliss-reactive ketones (excluding diaryl/α,β-unsaturated/α-hetero) is 1. The quantitative estimate of drug-likeness (QED) is 0.749. The van der Waals surface area contributed by atoms with Crippen LogP contribution in [0.1, 0.15) is 48.5 Å². The molecule has 0 rings (SSSR count). The van der Waals surface area contributed by atoms with Crippen LogP contribution in [-0.4, -0.2) is 12.3 Å². The lowest BCUT2D eigenvalue weighted by atomic mass is 10.1. The van der Waals surface area contributed by atoms with E-state index < -0.39 is 0 Å². The maximum Gasteiger partial charge on any atom is 0.126 e. The summed E-state index contributed by atoms with van der Waals surface area (Å²) in [6, 6.07) is 0. The van der Waals surface area contributed by atoms with E-state index >= 15 is 0 Å². The fourth-order valence-electron chi connectivity index (χ4n) is 0.843. The van der Waals surface area contributed by atoms with Crippen molar-refractivity contribution in [3.05, 3.63) is 35.1 Å². The number of allylic oxidation sites excluding steroid dienone is 5. The minimum absolute atomic E-state index is 0.167. The van der Waals surface area contributed by atoms with Crippen LogP contribution in [0.15, 0.2) is 35.1 Å². The molecule has 0 heterocycles. The number of likely N-dealkylation sites (N-methyl/N-ethyl adjacent to an activating group) is 1. The largest absolute Gasteiger partial charge is 0.386 e. The first-order valence-corrected chi connectivity index (χ1v) is 6.04. The Morgan fingerprint density at radius 3 is 1.82 bits per heavy atom. The summed E-state index contributed by atoms with van der Waals surface area (Å²) >= 11 is 0. The van der Waals surface area contributed by atoms with Gasteiger partial charge < -0.3 is 10.1 Å². The molecular formula is C15H27NO. The summed E-state index contributed by atoms with van der Waals surface area (Å²) in [7, 11) is 0. The second-order valence-corrected chi connectivity index (χ2v) is 4.20. The van der Waals surface area contributed by atoms with Crippen molar-refractivity contribution >= 4 is 5.78 Å². The molecular weight excluding hydrogens is 210 g/mol. The highest BCUT2D eigenvalue weighted by atomic mass is 16.1. The predicted octanol–water partition coefficient (Wildman–Crippen LogP) is 4.01. The van der Waals surface area contributed by atoms with Crippen molar-refractivity contribution < 1.29 is 4.79 Å². The molecule has 0 fully saturated rings. The van der Waals surface area contributed by atoms with Crippen molar-refractivity contribution in [1.29, 1.82) is 0 Å². The van der Waals surface area contributed by atoms with Gasteiger partial charge >= 0.3 is 0 Å². The Kier molecular flexibility index (Phi) is 11.9. The lowest BCUT2D eigenvalue weighted by Crippen LogP contribution is -2.09. The van der Waals surface area contributed by atoms with Gasteiger partial charge in [0.25, 0.3) is 0 Å². The summed E-state index contributed by atoms with van der Waals surface area (Å²) in [6.45, 7) is 14.6. The van der Waals surface area contributed by atoms with E-state index in [0.717, 1.165) is 6.54 Å². The molecule has 0 aromatic carbocycles. The third-order valence-electron chi connectivity index (χ3n) is 1.99. The Morgan fingerprint density at radius 1 is 1.06 bits per heavy atom. The van der Waals surface area contributed by atoms with Crippen molar-refractivity contribution in [2.75, 3.05) is 6.54 Å². The first-order valence-electron chi connectivity index (χ1n) is 6.04. The Bertz CT molecular complexity index is 301. The number of carbonyl (C=O) groups excluding carboxylic acids is 1. The van der Waals surface area contributed by atoms with Gasteiger partial charge in [-0.15, -0.1) is 0 Å². The Balaban J connectivity index is 0. The predicted molar refractivity (Wildman–Crippen MR) is 77.0 cm³/mol. The molecule has 2 nitrogen and oxygen atoms in total. The maximum atomic E-state index is 9.44. The first-order chi connectivity index (χ1) is 7.84. The minimum atomic E-state index is 0.167. The van der Waals surface area contributed by atoms with Crippen LogP contribution in [0, 0.1) is 0 Å². The van der Waals surface area contributed by atoms with Gasteiger partial charge in [-0.05, 0) is 54.5 Å². The van der Waals surface area contributed by atoms with Crippen LogP contribution in [0.3, 0.4) is 0 Å². The van der Waals surface area contributed by atoms with E-state index in [0.29, 0.717) is 0 Å². The molecule has 0 aliphatic rings. The average Bonchev–Trinajstić information content (AvgIpc) is 2.22. The fraction of sp³-hybridized carbons (Fsp3) is 0.533. The summed E-state index contributed by atoms with van der Waals surface area (Å²) in [4.78, 5) is 9.44. The van der Waals surface area contributed by atoms with Crippen molar-refractivity contribution in [2.24, 2.45) is 0 Å². The van der Waals surface area contributed by atoms with Crippen LogP contribution in [-0.2, 0) is 4.79 Å². The van der Waals surface area contributed by atoms with Crippen LogP contribution in [0.2, 0.25) is 0 Å². The normalized spacial score (nSPS) is 10.6. The van der Waals surface area contributed by atoms with Crippen LogP contribution in [0.5, 0.6) is 0 Å². The molecule has 0 bridgehead atoms. The van der Waals surface area contributed by atoms with Gasteiger partial charge in [0.15, 0.2) is 0 Å². The van der Waals surface area contributed by atoms with E-state index in [1.165, 1.54) is 30.7 Å². The number of ketones is 1. The summed E-state index contributed by atoms with van der Waals surface area (Å²) in [5.74, 6) is 0.167. The van der Waals surface area contributed by atoms with E-state index in [1.54, 1.807) is 0 Å². The number of rotatable bonds is 4. The first kappa shape index (κ1) is 18.1. The van der Waals surface area contributed by atoms with Crippen LogP contribution in [0.25, 0.3) is 0 Å². The molecule has 0 saturated heterocycles. The third kappa shape index (κ3) is 14.7. The van der Waals surface area contributed by atoms with E-state index in [4.69, 9.17) is 0 Å². The zero-order chi connectivity index (χ0) is 13.8. The summed E-state index contributed by atoms with van der Waals surface area (Å²) in [5, 5.41) is 3.28. The van der Waals surface area contributed by atoms with Gasteiger partial charge in [-0.2, -0.15) is 0 Å². The lowest BCUT2D eigenvalue weighted by Gasteiger charge is -2.02. The fourth-order valence-corrected chi connectivity index (χ4v) is 0.843. The molecule has 2 heteroatoms. The smallest absolute Gasteiger partial charge is 0.126 e. The van der Waals surface area contributed by atoms with Crippen molar-refractivity contribution in [1.82, 2.24) is 5.32 Å².